The van der Waals surface area contributed by atoms with E-state index in [9.17, 15) is 4.79 Å². The zero-order valence-corrected chi connectivity index (χ0v) is 8.69. The highest BCUT2D eigenvalue weighted by molar-refractivity contribution is 6.08. The molecule has 2 rings (SSSR count). The number of aryl methyl sites for hydroxylation is 1. The molecule has 0 spiro atoms. The van der Waals surface area contributed by atoms with Crippen LogP contribution in [0.25, 0.3) is 0 Å². The molecule has 0 bridgehead atoms. The Bertz CT molecular complexity index is 410. The van der Waals surface area contributed by atoms with Crippen LogP contribution in [0, 0.1) is 6.92 Å². The van der Waals surface area contributed by atoms with Crippen molar-refractivity contribution in [2.75, 3.05) is 6.61 Å². The molecule has 0 unspecified atom stereocenters. The van der Waals surface area contributed by atoms with Crippen molar-refractivity contribution >= 4 is 5.78 Å². The summed E-state index contributed by atoms with van der Waals surface area (Å²) in [5, 5.41) is 0. The molecule has 0 atom stereocenters. The number of ether oxygens (including phenoxy) is 1. The second kappa shape index (κ2) is 4.26. The fraction of sp³-hybridized carbons (Fsp3) is 0.333. The van der Waals surface area contributed by atoms with Gasteiger partial charge in [-0.05, 0) is 31.4 Å². The van der Waals surface area contributed by atoms with Crippen molar-refractivity contribution in [2.45, 2.75) is 19.8 Å². The number of aromatic nitrogens is 1. The van der Waals surface area contributed by atoms with E-state index in [4.69, 9.17) is 4.74 Å². The monoisotopic (exact) mass is 203 g/mol. The average molecular weight is 203 g/mol. The van der Waals surface area contributed by atoms with E-state index in [0.717, 1.165) is 24.0 Å². The first kappa shape index (κ1) is 9.90. The van der Waals surface area contributed by atoms with Gasteiger partial charge in [0.1, 0.15) is 0 Å². The summed E-state index contributed by atoms with van der Waals surface area (Å²) in [6.45, 7) is 2.64. The lowest BCUT2D eigenvalue weighted by atomic mass is 10.0. The highest BCUT2D eigenvalue weighted by atomic mass is 16.5. The maximum atomic E-state index is 12.0. The Hall–Kier alpha value is -1.64. The van der Waals surface area contributed by atoms with Gasteiger partial charge in [0.25, 0.3) is 0 Å². The van der Waals surface area contributed by atoms with E-state index in [1.54, 1.807) is 18.7 Å². The zero-order chi connectivity index (χ0) is 10.7. The zero-order valence-electron chi connectivity index (χ0n) is 8.69. The molecule has 1 aliphatic rings. The molecule has 1 aromatic heterocycles. The smallest absolute Gasteiger partial charge is 0.193 e. The molecule has 0 saturated carbocycles. The average Bonchev–Trinajstić information content (AvgIpc) is 2.29. The number of allylic oxidation sites excluding steroid dienone is 1. The first-order chi connectivity index (χ1) is 7.27. The van der Waals surface area contributed by atoms with Crippen molar-refractivity contribution in [1.29, 1.82) is 0 Å². The minimum atomic E-state index is 0.0332. The standard InChI is InChI=1S/C12H13NO2/c1-9-5-11(7-13-6-9)12(14)10-3-2-4-15-8-10/h5-8H,2-4H2,1H3. The largest absolute Gasteiger partial charge is 0.501 e. The fourth-order valence-corrected chi connectivity index (χ4v) is 1.60. The number of nitrogens with zero attached hydrogens (tertiary/aromatic N) is 1. The molecule has 15 heavy (non-hydrogen) atoms. The van der Waals surface area contributed by atoms with Crippen LogP contribution in [0.2, 0.25) is 0 Å². The molecule has 78 valence electrons. The Morgan fingerprint density at radius 2 is 2.33 bits per heavy atom. The Balaban J connectivity index is 2.24. The summed E-state index contributed by atoms with van der Waals surface area (Å²) in [5.74, 6) is 0.0332. The third-order valence-electron chi connectivity index (χ3n) is 2.36. The van der Waals surface area contributed by atoms with Crippen LogP contribution < -0.4 is 0 Å². The van der Waals surface area contributed by atoms with Crippen molar-refractivity contribution in [3.63, 3.8) is 0 Å². The van der Waals surface area contributed by atoms with E-state index >= 15 is 0 Å². The van der Waals surface area contributed by atoms with Crippen LogP contribution in [0.3, 0.4) is 0 Å². The summed E-state index contributed by atoms with van der Waals surface area (Å²) in [6.07, 6.45) is 6.63. The molecule has 1 aromatic rings. The van der Waals surface area contributed by atoms with Gasteiger partial charge < -0.3 is 4.74 Å². The van der Waals surface area contributed by atoms with Gasteiger partial charge in [-0.1, -0.05) is 0 Å². The van der Waals surface area contributed by atoms with Crippen molar-refractivity contribution in [2.24, 2.45) is 0 Å². The van der Waals surface area contributed by atoms with Crippen LogP contribution >= 0.6 is 0 Å². The molecule has 0 amide bonds. The molecule has 0 aliphatic carbocycles. The quantitative estimate of drug-likeness (QED) is 0.692. The van der Waals surface area contributed by atoms with Crippen LogP contribution in [0.4, 0.5) is 0 Å². The number of Topliss-reactive ketones (excluding diaryl/α,β-unsaturated/α-hetero) is 1. The molecular weight excluding hydrogens is 190 g/mol. The van der Waals surface area contributed by atoms with Gasteiger partial charge in [0.15, 0.2) is 5.78 Å². The van der Waals surface area contributed by atoms with Gasteiger partial charge in [0, 0.05) is 23.5 Å². The van der Waals surface area contributed by atoms with Crippen molar-refractivity contribution in [3.05, 3.63) is 41.4 Å². The highest BCUT2D eigenvalue weighted by Gasteiger charge is 2.15. The maximum Gasteiger partial charge on any atom is 0.193 e. The van der Waals surface area contributed by atoms with E-state index in [0.29, 0.717) is 12.2 Å². The summed E-state index contributed by atoms with van der Waals surface area (Å²) < 4.78 is 5.15. The van der Waals surface area contributed by atoms with Crippen LogP contribution in [0.5, 0.6) is 0 Å². The molecule has 3 heteroatoms. The van der Waals surface area contributed by atoms with Crippen molar-refractivity contribution in [3.8, 4) is 0 Å². The van der Waals surface area contributed by atoms with E-state index in [-0.39, 0.29) is 5.78 Å². The van der Waals surface area contributed by atoms with Crippen LogP contribution in [0.15, 0.2) is 30.3 Å². The minimum absolute atomic E-state index is 0.0332. The maximum absolute atomic E-state index is 12.0. The van der Waals surface area contributed by atoms with Gasteiger partial charge in [0.05, 0.1) is 12.9 Å². The van der Waals surface area contributed by atoms with Gasteiger partial charge in [-0.3, -0.25) is 9.78 Å². The highest BCUT2D eigenvalue weighted by Crippen LogP contribution is 2.17. The van der Waals surface area contributed by atoms with Crippen molar-refractivity contribution < 1.29 is 9.53 Å². The lowest BCUT2D eigenvalue weighted by Crippen LogP contribution is -2.09. The first-order valence-electron chi connectivity index (χ1n) is 5.04. The number of hydrogen-bond donors (Lipinski definition) is 0. The van der Waals surface area contributed by atoms with Gasteiger partial charge >= 0.3 is 0 Å². The van der Waals surface area contributed by atoms with Crippen molar-refractivity contribution in [1.82, 2.24) is 4.98 Å². The number of pyridine rings is 1. The van der Waals surface area contributed by atoms with E-state index in [1.807, 2.05) is 13.0 Å². The molecule has 0 fully saturated rings. The van der Waals surface area contributed by atoms with Crippen LogP contribution in [0.1, 0.15) is 28.8 Å². The molecule has 0 N–H and O–H groups in total. The summed E-state index contributed by atoms with van der Waals surface area (Å²) in [7, 11) is 0. The molecular formula is C12H13NO2. The Kier molecular flexibility index (Phi) is 2.81. The predicted molar refractivity (Wildman–Crippen MR) is 56.6 cm³/mol. The van der Waals surface area contributed by atoms with E-state index in [1.165, 1.54) is 0 Å². The van der Waals surface area contributed by atoms with Crippen LogP contribution in [-0.4, -0.2) is 17.4 Å². The number of carbonyl (C=O) groups excluding carboxylic acids is 1. The number of rotatable bonds is 2. The lowest BCUT2D eigenvalue weighted by molar-refractivity contribution is 0.101. The second-order valence-corrected chi connectivity index (χ2v) is 3.70. The first-order valence-corrected chi connectivity index (χ1v) is 5.04. The summed E-state index contributed by atoms with van der Waals surface area (Å²) in [5.41, 5.74) is 2.39. The SMILES string of the molecule is Cc1cncc(C(=O)C2=COCCC2)c1. The molecule has 1 aliphatic heterocycles. The summed E-state index contributed by atoms with van der Waals surface area (Å²) in [4.78, 5) is 16.0. The Morgan fingerprint density at radius 3 is 3.00 bits per heavy atom. The van der Waals surface area contributed by atoms with Gasteiger partial charge in [0.2, 0.25) is 0 Å². The summed E-state index contributed by atoms with van der Waals surface area (Å²) >= 11 is 0. The lowest BCUT2D eigenvalue weighted by Gasteiger charge is -2.12. The van der Waals surface area contributed by atoms with Crippen LogP contribution in [-0.2, 0) is 4.74 Å². The number of carbonyl (C=O) groups is 1. The minimum Gasteiger partial charge on any atom is -0.501 e. The Morgan fingerprint density at radius 1 is 1.47 bits per heavy atom. The number of ketones is 1. The topological polar surface area (TPSA) is 39.2 Å². The third kappa shape index (κ3) is 2.24. The molecule has 2 heterocycles. The van der Waals surface area contributed by atoms with Gasteiger partial charge in [-0.2, -0.15) is 0 Å². The summed E-state index contributed by atoms with van der Waals surface area (Å²) in [6, 6.07) is 1.85. The normalized spacial score (nSPS) is 15.4. The van der Waals surface area contributed by atoms with E-state index < -0.39 is 0 Å². The molecule has 3 nitrogen and oxygen atoms in total. The molecule has 0 radical (unpaired) electrons. The van der Waals surface area contributed by atoms with Gasteiger partial charge in [-0.15, -0.1) is 0 Å². The molecule has 0 saturated heterocycles. The van der Waals surface area contributed by atoms with Gasteiger partial charge in [-0.25, -0.2) is 0 Å². The predicted octanol–water partition coefficient (Wildman–Crippen LogP) is 2.27. The fourth-order valence-electron chi connectivity index (χ4n) is 1.60. The third-order valence-corrected chi connectivity index (χ3v) is 2.36. The molecule has 0 aromatic carbocycles. The number of hydrogen-bond acceptors (Lipinski definition) is 3. The second-order valence-electron chi connectivity index (χ2n) is 3.70. The van der Waals surface area contributed by atoms with E-state index in [2.05, 4.69) is 4.98 Å². The Labute approximate surface area is 88.8 Å².